The topological polar surface area (TPSA) is 119 Å². The van der Waals surface area contributed by atoms with Crippen molar-refractivity contribution in [1.82, 2.24) is 10.2 Å². The standard InChI is InChI=1S/C20H17N3O5S2/c1-3-18-21-22-20(28-18)30-17(19(24)25)11-13-10-14(23(26)27)6-9-16(13)29-15-7-4-12(2)5-8-15/h4-11H,3H2,1-2H3,(H,24,25)/b17-11+. The maximum Gasteiger partial charge on any atom is 0.342 e. The van der Waals surface area contributed by atoms with Crippen molar-refractivity contribution < 1.29 is 19.2 Å². The smallest absolute Gasteiger partial charge is 0.342 e. The van der Waals surface area contributed by atoms with Gasteiger partial charge in [-0.15, -0.1) is 10.2 Å². The highest BCUT2D eigenvalue weighted by Crippen LogP contribution is 2.36. The first-order valence-corrected chi connectivity index (χ1v) is 10.5. The highest BCUT2D eigenvalue weighted by atomic mass is 32.2. The molecule has 0 aliphatic carbocycles. The minimum absolute atomic E-state index is 0.0902. The number of benzene rings is 2. The van der Waals surface area contributed by atoms with Crippen LogP contribution in [-0.2, 0) is 11.2 Å². The highest BCUT2D eigenvalue weighted by molar-refractivity contribution is 8.03. The van der Waals surface area contributed by atoms with Gasteiger partial charge in [-0.3, -0.25) is 10.1 Å². The number of hydrogen-bond donors (Lipinski definition) is 1. The van der Waals surface area contributed by atoms with E-state index in [9.17, 15) is 20.0 Å². The Balaban J connectivity index is 2.00. The lowest BCUT2D eigenvalue weighted by Gasteiger charge is -2.08. The SMILES string of the molecule is CCc1nnc(S/C(=C/c2cc([N+](=O)[O-])ccc2Sc2ccc(C)cc2)C(=O)O)o1. The summed E-state index contributed by atoms with van der Waals surface area (Å²) in [4.78, 5) is 24.0. The molecule has 30 heavy (non-hydrogen) atoms. The highest BCUT2D eigenvalue weighted by Gasteiger charge is 2.18. The molecular weight excluding hydrogens is 426 g/mol. The van der Waals surface area contributed by atoms with Gasteiger partial charge in [0, 0.05) is 28.3 Å². The van der Waals surface area contributed by atoms with Crippen molar-refractivity contribution in [3.05, 3.63) is 74.5 Å². The summed E-state index contributed by atoms with van der Waals surface area (Å²) in [7, 11) is 0. The predicted octanol–water partition coefficient (Wildman–Crippen LogP) is 5.22. The number of rotatable bonds is 8. The van der Waals surface area contributed by atoms with Crippen molar-refractivity contribution in [3.63, 3.8) is 0 Å². The fourth-order valence-electron chi connectivity index (χ4n) is 2.38. The first-order chi connectivity index (χ1) is 14.4. The third kappa shape index (κ3) is 5.49. The molecule has 0 spiro atoms. The number of thioether (sulfide) groups is 1. The fourth-order valence-corrected chi connectivity index (χ4v) is 3.96. The molecule has 3 rings (SSSR count). The Morgan fingerprint density at radius 3 is 2.57 bits per heavy atom. The van der Waals surface area contributed by atoms with Crippen LogP contribution in [0.15, 0.2) is 66.8 Å². The molecule has 0 saturated carbocycles. The summed E-state index contributed by atoms with van der Waals surface area (Å²) >= 11 is 2.19. The number of aromatic nitrogens is 2. The van der Waals surface area contributed by atoms with E-state index in [1.165, 1.54) is 30.0 Å². The van der Waals surface area contributed by atoms with E-state index in [-0.39, 0.29) is 15.8 Å². The average molecular weight is 444 g/mol. The van der Waals surface area contributed by atoms with Crippen LogP contribution in [0.4, 0.5) is 5.69 Å². The van der Waals surface area contributed by atoms with Crippen LogP contribution < -0.4 is 0 Å². The lowest BCUT2D eigenvalue weighted by atomic mass is 10.2. The molecule has 0 amide bonds. The van der Waals surface area contributed by atoms with E-state index in [1.807, 2.05) is 38.1 Å². The number of non-ortho nitro benzene ring substituents is 1. The zero-order valence-corrected chi connectivity index (χ0v) is 17.7. The molecule has 1 aromatic heterocycles. The number of aliphatic carboxylic acids is 1. The molecule has 0 fully saturated rings. The summed E-state index contributed by atoms with van der Waals surface area (Å²) in [5.41, 5.74) is 1.39. The maximum absolute atomic E-state index is 11.8. The number of aryl methyl sites for hydroxylation is 2. The number of carboxylic acids is 1. The monoisotopic (exact) mass is 443 g/mol. The van der Waals surface area contributed by atoms with Crippen molar-refractivity contribution in [2.24, 2.45) is 0 Å². The van der Waals surface area contributed by atoms with E-state index in [0.717, 1.165) is 22.2 Å². The second-order valence-electron chi connectivity index (χ2n) is 6.13. The third-order valence-corrected chi connectivity index (χ3v) is 5.85. The molecule has 1 heterocycles. The van der Waals surface area contributed by atoms with Gasteiger partial charge in [-0.05, 0) is 48.5 Å². The van der Waals surface area contributed by atoms with Crippen molar-refractivity contribution >= 4 is 41.3 Å². The second-order valence-corrected chi connectivity index (χ2v) is 8.23. The van der Waals surface area contributed by atoms with Crippen LogP contribution in [0, 0.1) is 17.0 Å². The van der Waals surface area contributed by atoms with Crippen molar-refractivity contribution in [2.45, 2.75) is 35.3 Å². The summed E-state index contributed by atoms with van der Waals surface area (Å²) in [5, 5.41) is 28.6. The summed E-state index contributed by atoms with van der Waals surface area (Å²) in [6.45, 7) is 3.82. The molecule has 154 valence electrons. The molecule has 0 aliphatic heterocycles. The summed E-state index contributed by atoms with van der Waals surface area (Å²) in [6, 6.07) is 12.2. The van der Waals surface area contributed by atoms with Gasteiger partial charge in [0.05, 0.1) is 4.92 Å². The normalized spacial score (nSPS) is 11.5. The van der Waals surface area contributed by atoms with Gasteiger partial charge in [0.15, 0.2) is 0 Å². The zero-order valence-electron chi connectivity index (χ0n) is 16.1. The van der Waals surface area contributed by atoms with Gasteiger partial charge < -0.3 is 9.52 Å². The Morgan fingerprint density at radius 2 is 1.97 bits per heavy atom. The van der Waals surface area contributed by atoms with E-state index in [1.54, 1.807) is 6.07 Å². The first kappa shape index (κ1) is 21.6. The molecule has 0 aliphatic rings. The molecule has 2 aromatic carbocycles. The Morgan fingerprint density at radius 1 is 1.23 bits per heavy atom. The second kappa shape index (κ2) is 9.59. The maximum atomic E-state index is 11.8. The van der Waals surface area contributed by atoms with E-state index >= 15 is 0 Å². The van der Waals surface area contributed by atoms with Crippen molar-refractivity contribution in [2.75, 3.05) is 0 Å². The molecule has 1 N–H and O–H groups in total. The minimum atomic E-state index is -1.20. The van der Waals surface area contributed by atoms with Gasteiger partial charge in [0.2, 0.25) is 5.89 Å². The Labute approximate surface area is 180 Å². The quantitative estimate of drug-likeness (QED) is 0.216. The largest absolute Gasteiger partial charge is 0.477 e. The number of hydrogen-bond acceptors (Lipinski definition) is 8. The van der Waals surface area contributed by atoms with E-state index in [4.69, 9.17) is 4.42 Å². The summed E-state index contributed by atoms with van der Waals surface area (Å²) < 4.78 is 5.37. The van der Waals surface area contributed by atoms with Gasteiger partial charge in [0.25, 0.3) is 10.9 Å². The summed E-state index contributed by atoms with van der Waals surface area (Å²) in [6.07, 6.45) is 1.91. The number of nitro groups is 1. The van der Waals surface area contributed by atoms with Crippen LogP contribution >= 0.6 is 23.5 Å². The number of carboxylic acid groups (broad SMARTS) is 1. The molecular formula is C20H17N3O5S2. The minimum Gasteiger partial charge on any atom is -0.477 e. The average Bonchev–Trinajstić information content (AvgIpc) is 3.17. The van der Waals surface area contributed by atoms with E-state index in [2.05, 4.69) is 10.2 Å². The van der Waals surface area contributed by atoms with Gasteiger partial charge in [-0.1, -0.05) is 36.4 Å². The van der Waals surface area contributed by atoms with Crippen LogP contribution in [0.2, 0.25) is 0 Å². The van der Waals surface area contributed by atoms with Gasteiger partial charge in [0.1, 0.15) is 4.91 Å². The number of nitro benzene ring substituents is 1. The molecule has 0 bridgehead atoms. The van der Waals surface area contributed by atoms with E-state index in [0.29, 0.717) is 22.8 Å². The predicted molar refractivity (Wildman–Crippen MR) is 114 cm³/mol. The van der Waals surface area contributed by atoms with Gasteiger partial charge in [-0.2, -0.15) is 0 Å². The van der Waals surface area contributed by atoms with Crippen LogP contribution in [-0.4, -0.2) is 26.2 Å². The van der Waals surface area contributed by atoms with Crippen LogP contribution in [0.1, 0.15) is 23.9 Å². The molecule has 0 radical (unpaired) electrons. The Hall–Kier alpha value is -3.11. The molecule has 0 atom stereocenters. The fraction of sp³-hybridized carbons (Fsp3) is 0.150. The molecule has 8 nitrogen and oxygen atoms in total. The molecule has 0 saturated heterocycles. The first-order valence-electron chi connectivity index (χ1n) is 8.84. The van der Waals surface area contributed by atoms with Crippen molar-refractivity contribution in [3.8, 4) is 0 Å². The zero-order chi connectivity index (χ0) is 21.7. The van der Waals surface area contributed by atoms with E-state index < -0.39 is 10.9 Å². The van der Waals surface area contributed by atoms with Crippen LogP contribution in [0.5, 0.6) is 0 Å². The Bertz CT molecular complexity index is 1110. The van der Waals surface area contributed by atoms with Crippen LogP contribution in [0.25, 0.3) is 6.08 Å². The summed E-state index contributed by atoms with van der Waals surface area (Å²) in [5.74, 6) is -0.803. The molecule has 10 heteroatoms. The Kier molecular flexibility index (Phi) is 6.91. The lowest BCUT2D eigenvalue weighted by molar-refractivity contribution is -0.384. The van der Waals surface area contributed by atoms with Crippen LogP contribution in [0.3, 0.4) is 0 Å². The third-order valence-electron chi connectivity index (χ3n) is 3.90. The molecule has 3 aromatic rings. The number of nitrogens with zero attached hydrogens (tertiary/aromatic N) is 3. The lowest BCUT2D eigenvalue weighted by Crippen LogP contribution is -1.98. The molecule has 0 unspecified atom stereocenters. The van der Waals surface area contributed by atoms with Crippen molar-refractivity contribution in [1.29, 1.82) is 0 Å². The van der Waals surface area contributed by atoms with Gasteiger partial charge >= 0.3 is 5.97 Å². The van der Waals surface area contributed by atoms with Gasteiger partial charge in [-0.25, -0.2) is 4.79 Å². The number of carbonyl (C=O) groups is 1.